The molecule has 0 saturated carbocycles. The maximum atomic E-state index is 11.3. The number of hydrogen-bond donors (Lipinski definition) is 1. The molecule has 1 aliphatic heterocycles. The second-order valence-corrected chi connectivity index (χ2v) is 4.36. The van der Waals surface area contributed by atoms with Crippen molar-refractivity contribution in [3.05, 3.63) is 16.4 Å². The summed E-state index contributed by atoms with van der Waals surface area (Å²) in [6.07, 6.45) is 3.09. The minimum absolute atomic E-state index is 0.00560. The molecule has 1 aliphatic rings. The lowest BCUT2D eigenvalue weighted by atomic mass is 10.0. The van der Waals surface area contributed by atoms with Crippen molar-refractivity contribution in [2.24, 2.45) is 0 Å². The van der Waals surface area contributed by atoms with Crippen molar-refractivity contribution in [2.75, 3.05) is 18.6 Å². The van der Waals surface area contributed by atoms with Gasteiger partial charge in [-0.2, -0.15) is 4.98 Å². The zero-order valence-corrected chi connectivity index (χ0v) is 10.9. The molecule has 0 aromatic carbocycles. The van der Waals surface area contributed by atoms with Crippen LogP contribution in [0.15, 0.2) is 6.33 Å². The minimum Gasteiger partial charge on any atom is -0.480 e. The van der Waals surface area contributed by atoms with E-state index >= 15 is 0 Å². The summed E-state index contributed by atoms with van der Waals surface area (Å²) >= 11 is 0. The lowest BCUT2D eigenvalue weighted by Gasteiger charge is -2.33. The van der Waals surface area contributed by atoms with Crippen LogP contribution in [0.3, 0.4) is 0 Å². The average molecular weight is 282 g/mol. The Balaban J connectivity index is 2.50. The van der Waals surface area contributed by atoms with Crippen LogP contribution in [-0.2, 0) is 4.79 Å². The van der Waals surface area contributed by atoms with E-state index in [1.807, 2.05) is 0 Å². The van der Waals surface area contributed by atoms with Gasteiger partial charge >= 0.3 is 11.7 Å². The molecule has 9 nitrogen and oxygen atoms in total. The van der Waals surface area contributed by atoms with Gasteiger partial charge in [-0.3, -0.25) is 10.1 Å². The minimum atomic E-state index is -1.02. The fourth-order valence-electron chi connectivity index (χ4n) is 2.32. The largest absolute Gasteiger partial charge is 0.480 e. The summed E-state index contributed by atoms with van der Waals surface area (Å²) < 4.78 is 4.87. The monoisotopic (exact) mass is 282 g/mol. The molecular formula is C11H14N4O5. The van der Waals surface area contributed by atoms with Crippen molar-refractivity contribution in [1.29, 1.82) is 0 Å². The Morgan fingerprint density at radius 1 is 1.55 bits per heavy atom. The van der Waals surface area contributed by atoms with E-state index in [0.717, 1.165) is 19.2 Å². The number of piperidine rings is 1. The Kier molecular flexibility index (Phi) is 3.97. The van der Waals surface area contributed by atoms with Crippen molar-refractivity contribution < 1.29 is 19.6 Å². The quantitative estimate of drug-likeness (QED) is 0.637. The topological polar surface area (TPSA) is 119 Å². The van der Waals surface area contributed by atoms with Gasteiger partial charge in [0.25, 0.3) is 5.88 Å². The molecule has 1 N–H and O–H groups in total. The van der Waals surface area contributed by atoms with Crippen molar-refractivity contribution in [3.8, 4) is 5.88 Å². The number of methoxy groups -OCH3 is 1. The number of carboxylic acid groups (broad SMARTS) is 1. The van der Waals surface area contributed by atoms with E-state index in [2.05, 4.69) is 9.97 Å². The molecular weight excluding hydrogens is 268 g/mol. The highest BCUT2D eigenvalue weighted by atomic mass is 16.6. The Hall–Kier alpha value is -2.45. The molecule has 1 aromatic heterocycles. The molecule has 1 atom stereocenters. The molecule has 1 fully saturated rings. The number of carboxylic acids is 1. The normalized spacial score (nSPS) is 18.6. The molecule has 9 heteroatoms. The Morgan fingerprint density at radius 3 is 2.90 bits per heavy atom. The number of ether oxygens (including phenoxy) is 1. The third-order valence-electron chi connectivity index (χ3n) is 3.21. The van der Waals surface area contributed by atoms with E-state index in [-0.39, 0.29) is 11.7 Å². The van der Waals surface area contributed by atoms with Gasteiger partial charge in [-0.15, -0.1) is 0 Å². The lowest BCUT2D eigenvalue weighted by Crippen LogP contribution is -2.45. The Labute approximate surface area is 114 Å². The highest BCUT2D eigenvalue weighted by Gasteiger charge is 2.36. The third kappa shape index (κ3) is 2.46. The molecule has 0 spiro atoms. The summed E-state index contributed by atoms with van der Waals surface area (Å²) in [6, 6.07) is -0.818. The Bertz CT molecular complexity index is 536. The first-order valence-corrected chi connectivity index (χ1v) is 6.09. The molecule has 20 heavy (non-hydrogen) atoms. The molecule has 108 valence electrons. The van der Waals surface area contributed by atoms with Gasteiger partial charge in [0.05, 0.1) is 12.0 Å². The van der Waals surface area contributed by atoms with Crippen LogP contribution in [0.5, 0.6) is 5.88 Å². The molecule has 0 amide bonds. The second-order valence-electron chi connectivity index (χ2n) is 4.36. The highest BCUT2D eigenvalue weighted by molar-refractivity contribution is 5.80. The SMILES string of the molecule is COc1ncnc(N2CCCCC2C(=O)O)c1[N+](=O)[O-]. The summed E-state index contributed by atoms with van der Waals surface area (Å²) in [5.74, 6) is -1.19. The number of aliphatic carboxylic acids is 1. The van der Waals surface area contributed by atoms with E-state index in [1.165, 1.54) is 12.0 Å². The van der Waals surface area contributed by atoms with Gasteiger partial charge in [-0.05, 0) is 19.3 Å². The molecule has 2 heterocycles. The first-order chi connectivity index (χ1) is 9.56. The predicted molar refractivity (Wildman–Crippen MR) is 67.9 cm³/mol. The number of anilines is 1. The summed E-state index contributed by atoms with van der Waals surface area (Å²) in [6.45, 7) is 0.401. The standard InChI is InChI=1S/C11H14N4O5/c1-20-10-8(15(18)19)9(12-6-13-10)14-5-3-2-4-7(14)11(16)17/h6-7H,2-5H2,1H3,(H,16,17). The van der Waals surface area contributed by atoms with E-state index < -0.39 is 22.6 Å². The fourth-order valence-corrected chi connectivity index (χ4v) is 2.32. The van der Waals surface area contributed by atoms with Gasteiger partial charge in [0.2, 0.25) is 5.82 Å². The molecule has 0 radical (unpaired) electrons. The first kappa shape index (κ1) is 14.0. The molecule has 1 unspecified atom stereocenters. The zero-order chi connectivity index (χ0) is 14.7. The van der Waals surface area contributed by atoms with Crippen molar-refractivity contribution >= 4 is 17.5 Å². The van der Waals surface area contributed by atoms with E-state index in [4.69, 9.17) is 4.74 Å². The van der Waals surface area contributed by atoms with Crippen LogP contribution in [-0.4, -0.2) is 45.7 Å². The number of nitrogens with zero attached hydrogens (tertiary/aromatic N) is 4. The van der Waals surface area contributed by atoms with E-state index in [1.54, 1.807) is 0 Å². The van der Waals surface area contributed by atoms with E-state index in [0.29, 0.717) is 13.0 Å². The number of hydrogen-bond acceptors (Lipinski definition) is 7. The van der Waals surface area contributed by atoms with Crippen LogP contribution in [0.2, 0.25) is 0 Å². The van der Waals surface area contributed by atoms with Crippen LogP contribution in [0.4, 0.5) is 11.5 Å². The third-order valence-corrected chi connectivity index (χ3v) is 3.21. The smallest absolute Gasteiger partial charge is 0.372 e. The molecule has 2 rings (SSSR count). The fraction of sp³-hybridized carbons (Fsp3) is 0.545. The van der Waals surface area contributed by atoms with Crippen LogP contribution >= 0.6 is 0 Å². The van der Waals surface area contributed by atoms with Gasteiger partial charge in [0.15, 0.2) is 0 Å². The molecule has 1 saturated heterocycles. The number of carbonyl (C=O) groups is 1. The maximum absolute atomic E-state index is 11.3. The highest BCUT2D eigenvalue weighted by Crippen LogP contribution is 2.36. The van der Waals surface area contributed by atoms with Crippen molar-refractivity contribution in [1.82, 2.24) is 9.97 Å². The van der Waals surface area contributed by atoms with Gasteiger partial charge in [0.1, 0.15) is 12.4 Å². The van der Waals surface area contributed by atoms with E-state index in [9.17, 15) is 20.0 Å². The summed E-state index contributed by atoms with van der Waals surface area (Å²) in [7, 11) is 1.27. The van der Waals surface area contributed by atoms with Crippen molar-refractivity contribution in [3.63, 3.8) is 0 Å². The van der Waals surface area contributed by atoms with Crippen LogP contribution in [0, 0.1) is 10.1 Å². The summed E-state index contributed by atoms with van der Waals surface area (Å²) in [4.78, 5) is 30.9. The Morgan fingerprint density at radius 2 is 2.30 bits per heavy atom. The van der Waals surface area contributed by atoms with Gasteiger partial charge in [-0.1, -0.05) is 0 Å². The van der Waals surface area contributed by atoms with Gasteiger partial charge in [-0.25, -0.2) is 9.78 Å². The molecule has 1 aromatic rings. The summed E-state index contributed by atoms with van der Waals surface area (Å²) in [5, 5.41) is 20.4. The predicted octanol–water partition coefficient (Wildman–Crippen LogP) is 0.837. The van der Waals surface area contributed by atoms with Gasteiger partial charge < -0.3 is 14.7 Å². The first-order valence-electron chi connectivity index (χ1n) is 6.09. The number of nitro groups is 1. The zero-order valence-electron chi connectivity index (χ0n) is 10.9. The number of aromatic nitrogens is 2. The van der Waals surface area contributed by atoms with Crippen LogP contribution < -0.4 is 9.64 Å². The van der Waals surface area contributed by atoms with Gasteiger partial charge in [0, 0.05) is 6.54 Å². The second kappa shape index (κ2) is 5.68. The lowest BCUT2D eigenvalue weighted by molar-refractivity contribution is -0.385. The molecule has 0 bridgehead atoms. The van der Waals surface area contributed by atoms with Crippen LogP contribution in [0.25, 0.3) is 0 Å². The maximum Gasteiger partial charge on any atom is 0.372 e. The summed E-state index contributed by atoms with van der Waals surface area (Å²) in [5.41, 5.74) is -0.400. The number of rotatable bonds is 4. The average Bonchev–Trinajstić information content (AvgIpc) is 2.46. The molecule has 0 aliphatic carbocycles. The van der Waals surface area contributed by atoms with Crippen molar-refractivity contribution in [2.45, 2.75) is 25.3 Å². The van der Waals surface area contributed by atoms with Crippen LogP contribution in [0.1, 0.15) is 19.3 Å².